The zero-order chi connectivity index (χ0) is 9.97. The molecule has 2 heteroatoms. The summed E-state index contributed by atoms with van der Waals surface area (Å²) in [6, 6.07) is 1.20. The van der Waals surface area contributed by atoms with E-state index < -0.39 is 0 Å². The van der Waals surface area contributed by atoms with Gasteiger partial charge in [0.1, 0.15) is 5.78 Å². The molecule has 2 fully saturated rings. The quantitative estimate of drug-likeness (QED) is 0.689. The van der Waals surface area contributed by atoms with E-state index in [-0.39, 0.29) is 0 Å². The molecule has 80 valence electrons. The SMILES string of the molecule is CCCCN1[C@H]2CCC[C@H]1CC(=O)C2. The van der Waals surface area contributed by atoms with Crippen LogP contribution in [0.15, 0.2) is 0 Å². The first kappa shape index (κ1) is 10.2. The van der Waals surface area contributed by atoms with Crippen molar-refractivity contribution in [2.75, 3.05) is 6.54 Å². The van der Waals surface area contributed by atoms with E-state index in [1.807, 2.05) is 0 Å². The van der Waals surface area contributed by atoms with Gasteiger partial charge in [-0.2, -0.15) is 0 Å². The van der Waals surface area contributed by atoms with Crippen LogP contribution in [0, 0.1) is 0 Å². The third-order valence-electron chi connectivity index (χ3n) is 3.71. The first-order valence-corrected chi connectivity index (χ1v) is 6.08. The van der Waals surface area contributed by atoms with E-state index in [1.165, 1.54) is 38.6 Å². The molecular formula is C12H21NO. The molecule has 0 aliphatic carbocycles. The minimum atomic E-state index is 0.507. The second kappa shape index (κ2) is 4.43. The highest BCUT2D eigenvalue weighted by molar-refractivity contribution is 5.80. The predicted octanol–water partition coefficient (Wildman–Crippen LogP) is 2.37. The standard InChI is InChI=1S/C12H21NO/c1-2-3-7-13-10-5-4-6-11(13)9-12(14)8-10/h10-11H,2-9H2,1H3/t10-,11-/m0/s1. The largest absolute Gasteiger partial charge is 0.300 e. The Hall–Kier alpha value is -0.370. The van der Waals surface area contributed by atoms with E-state index in [9.17, 15) is 4.79 Å². The van der Waals surface area contributed by atoms with Crippen molar-refractivity contribution >= 4 is 5.78 Å². The number of nitrogens with zero attached hydrogens (tertiary/aromatic N) is 1. The van der Waals surface area contributed by atoms with Crippen LogP contribution in [0.3, 0.4) is 0 Å². The maximum absolute atomic E-state index is 11.5. The molecule has 2 bridgehead atoms. The highest BCUT2D eigenvalue weighted by Gasteiger charge is 2.36. The maximum Gasteiger partial charge on any atom is 0.136 e. The van der Waals surface area contributed by atoms with Gasteiger partial charge in [0.2, 0.25) is 0 Å². The number of carbonyl (C=O) groups is 1. The molecule has 0 amide bonds. The van der Waals surface area contributed by atoms with Gasteiger partial charge < -0.3 is 0 Å². The second-order valence-electron chi connectivity index (χ2n) is 4.78. The molecule has 0 aromatic heterocycles. The Morgan fingerprint density at radius 3 is 2.50 bits per heavy atom. The van der Waals surface area contributed by atoms with E-state index in [0.717, 1.165) is 12.8 Å². The number of carbonyl (C=O) groups excluding carboxylic acids is 1. The van der Waals surface area contributed by atoms with Gasteiger partial charge in [-0.25, -0.2) is 0 Å². The lowest BCUT2D eigenvalue weighted by Gasteiger charge is -2.45. The van der Waals surface area contributed by atoms with E-state index >= 15 is 0 Å². The summed E-state index contributed by atoms with van der Waals surface area (Å²) >= 11 is 0. The monoisotopic (exact) mass is 195 g/mol. The molecule has 14 heavy (non-hydrogen) atoms. The van der Waals surface area contributed by atoms with Crippen molar-refractivity contribution in [1.82, 2.24) is 4.90 Å². The molecule has 0 saturated carbocycles. The van der Waals surface area contributed by atoms with Gasteiger partial charge >= 0.3 is 0 Å². The molecule has 2 aliphatic rings. The average Bonchev–Trinajstić information content (AvgIpc) is 2.14. The zero-order valence-corrected chi connectivity index (χ0v) is 9.17. The summed E-state index contributed by atoms with van der Waals surface area (Å²) in [6.45, 7) is 3.46. The number of rotatable bonds is 3. The van der Waals surface area contributed by atoms with E-state index in [1.54, 1.807) is 0 Å². The van der Waals surface area contributed by atoms with Crippen molar-refractivity contribution in [2.45, 2.75) is 64.0 Å². The smallest absolute Gasteiger partial charge is 0.136 e. The van der Waals surface area contributed by atoms with Crippen LogP contribution >= 0.6 is 0 Å². The van der Waals surface area contributed by atoms with E-state index in [0.29, 0.717) is 17.9 Å². The Morgan fingerprint density at radius 2 is 1.93 bits per heavy atom. The van der Waals surface area contributed by atoms with E-state index in [4.69, 9.17) is 0 Å². The van der Waals surface area contributed by atoms with Crippen molar-refractivity contribution in [3.8, 4) is 0 Å². The number of fused-ring (bicyclic) bond motifs is 2. The topological polar surface area (TPSA) is 20.3 Å². The summed E-state index contributed by atoms with van der Waals surface area (Å²) in [6.07, 6.45) is 8.08. The minimum absolute atomic E-state index is 0.507. The minimum Gasteiger partial charge on any atom is -0.300 e. The number of piperidine rings is 2. The molecule has 0 aromatic carbocycles. The summed E-state index contributed by atoms with van der Waals surface area (Å²) in [7, 11) is 0. The highest BCUT2D eigenvalue weighted by Crippen LogP contribution is 2.32. The molecule has 2 rings (SSSR count). The Bertz CT molecular complexity index is 198. The van der Waals surface area contributed by atoms with Gasteiger partial charge in [-0.15, -0.1) is 0 Å². The van der Waals surface area contributed by atoms with Crippen LogP contribution in [0.2, 0.25) is 0 Å². The number of ketones is 1. The first-order chi connectivity index (χ1) is 6.81. The summed E-state index contributed by atoms with van der Waals surface area (Å²) in [5.41, 5.74) is 0. The molecule has 2 saturated heterocycles. The normalized spacial score (nSPS) is 33.4. The fourth-order valence-electron chi connectivity index (χ4n) is 2.97. The van der Waals surface area contributed by atoms with Gasteiger partial charge in [-0.3, -0.25) is 9.69 Å². The Kier molecular flexibility index (Phi) is 3.22. The number of Topliss-reactive ketones (excluding diaryl/α,β-unsaturated/α-hetero) is 1. The highest BCUT2D eigenvalue weighted by atomic mass is 16.1. The lowest BCUT2D eigenvalue weighted by atomic mass is 9.83. The van der Waals surface area contributed by atoms with Gasteiger partial charge in [-0.05, 0) is 25.8 Å². The average molecular weight is 195 g/mol. The van der Waals surface area contributed by atoms with Crippen LogP contribution in [0.1, 0.15) is 51.9 Å². The van der Waals surface area contributed by atoms with Crippen LogP contribution in [0.5, 0.6) is 0 Å². The van der Waals surface area contributed by atoms with Gasteiger partial charge in [0.15, 0.2) is 0 Å². The molecule has 0 radical (unpaired) electrons. The van der Waals surface area contributed by atoms with Gasteiger partial charge in [0.25, 0.3) is 0 Å². The summed E-state index contributed by atoms with van der Waals surface area (Å²) in [5.74, 6) is 0.507. The molecule has 2 heterocycles. The number of hydrogen-bond acceptors (Lipinski definition) is 2. The summed E-state index contributed by atoms with van der Waals surface area (Å²) in [5, 5.41) is 0. The van der Waals surface area contributed by atoms with Crippen molar-refractivity contribution in [2.24, 2.45) is 0 Å². The Labute approximate surface area is 86.7 Å². The van der Waals surface area contributed by atoms with Crippen molar-refractivity contribution in [3.63, 3.8) is 0 Å². The number of unbranched alkanes of at least 4 members (excludes halogenated alkanes) is 1. The maximum atomic E-state index is 11.5. The number of hydrogen-bond donors (Lipinski definition) is 0. The van der Waals surface area contributed by atoms with Crippen LogP contribution in [0.25, 0.3) is 0 Å². The van der Waals surface area contributed by atoms with Crippen LogP contribution < -0.4 is 0 Å². The molecule has 0 unspecified atom stereocenters. The molecule has 2 atom stereocenters. The van der Waals surface area contributed by atoms with Crippen LogP contribution in [0.4, 0.5) is 0 Å². The lowest BCUT2D eigenvalue weighted by molar-refractivity contribution is -0.127. The second-order valence-corrected chi connectivity index (χ2v) is 4.78. The van der Waals surface area contributed by atoms with Crippen LogP contribution in [-0.4, -0.2) is 29.3 Å². The molecular weight excluding hydrogens is 174 g/mol. The van der Waals surface area contributed by atoms with Crippen molar-refractivity contribution in [1.29, 1.82) is 0 Å². The van der Waals surface area contributed by atoms with Crippen molar-refractivity contribution in [3.05, 3.63) is 0 Å². The predicted molar refractivity (Wildman–Crippen MR) is 57.3 cm³/mol. The Morgan fingerprint density at radius 1 is 1.29 bits per heavy atom. The van der Waals surface area contributed by atoms with Gasteiger partial charge in [-0.1, -0.05) is 19.8 Å². The van der Waals surface area contributed by atoms with Gasteiger partial charge in [0.05, 0.1) is 0 Å². The molecule has 0 N–H and O–H groups in total. The van der Waals surface area contributed by atoms with Gasteiger partial charge in [0, 0.05) is 24.9 Å². The lowest BCUT2D eigenvalue weighted by Crippen LogP contribution is -2.52. The fraction of sp³-hybridized carbons (Fsp3) is 0.917. The third kappa shape index (κ3) is 2.00. The third-order valence-corrected chi connectivity index (χ3v) is 3.71. The van der Waals surface area contributed by atoms with Crippen LogP contribution in [-0.2, 0) is 4.79 Å². The molecule has 2 aliphatic heterocycles. The zero-order valence-electron chi connectivity index (χ0n) is 9.17. The molecule has 0 spiro atoms. The fourth-order valence-corrected chi connectivity index (χ4v) is 2.97. The van der Waals surface area contributed by atoms with Crippen molar-refractivity contribution < 1.29 is 4.79 Å². The molecule has 2 nitrogen and oxygen atoms in total. The summed E-state index contributed by atoms with van der Waals surface area (Å²) < 4.78 is 0. The first-order valence-electron chi connectivity index (χ1n) is 6.08. The Balaban J connectivity index is 1.97. The van der Waals surface area contributed by atoms with E-state index in [2.05, 4.69) is 11.8 Å². The summed E-state index contributed by atoms with van der Waals surface area (Å²) in [4.78, 5) is 14.1. The molecule has 0 aromatic rings.